The first kappa shape index (κ1) is 11.0. The lowest BCUT2D eigenvalue weighted by atomic mass is 9.86. The third-order valence-electron chi connectivity index (χ3n) is 4.43. The fourth-order valence-corrected chi connectivity index (χ4v) is 3.39. The van der Waals surface area contributed by atoms with Gasteiger partial charge in [-0.25, -0.2) is 0 Å². The first-order valence-electron chi connectivity index (χ1n) is 6.84. The van der Waals surface area contributed by atoms with Crippen molar-refractivity contribution in [3.63, 3.8) is 0 Å². The molecule has 19 heavy (non-hydrogen) atoms. The summed E-state index contributed by atoms with van der Waals surface area (Å²) in [7, 11) is 0. The summed E-state index contributed by atoms with van der Waals surface area (Å²) in [6.45, 7) is 2.75. The molecule has 0 radical (unpaired) electrons. The highest BCUT2D eigenvalue weighted by atomic mass is 16.1. The lowest BCUT2D eigenvalue weighted by molar-refractivity contribution is 0.0952. The van der Waals surface area contributed by atoms with Crippen LogP contribution in [0.2, 0.25) is 0 Å². The van der Waals surface area contributed by atoms with Crippen LogP contribution in [0, 0.1) is 5.92 Å². The van der Waals surface area contributed by atoms with Crippen LogP contribution in [0.15, 0.2) is 36.4 Å². The quantitative estimate of drug-likeness (QED) is 0.751. The van der Waals surface area contributed by atoms with E-state index in [9.17, 15) is 4.79 Å². The molecule has 0 saturated carbocycles. The second-order valence-electron chi connectivity index (χ2n) is 5.52. The number of nitrogens with one attached hydrogen (secondary N) is 2. The molecule has 0 spiro atoms. The van der Waals surface area contributed by atoms with Crippen LogP contribution in [0.1, 0.15) is 21.8 Å². The second kappa shape index (κ2) is 4.07. The Balaban J connectivity index is 1.97. The standard InChI is InChI=1S/C16H16N2O/c19-16-14-6-11-4-2-1-3-10(11)5-13(14)15-9-17-7-12(15)8-18-16/h1-6,12,15,17H,7-9H2,(H,18,19)/t12-,15+/m1/s1. The van der Waals surface area contributed by atoms with E-state index in [1.54, 1.807) is 0 Å². The van der Waals surface area contributed by atoms with Gasteiger partial charge >= 0.3 is 0 Å². The van der Waals surface area contributed by atoms with Crippen molar-refractivity contribution in [3.05, 3.63) is 47.5 Å². The monoisotopic (exact) mass is 252 g/mol. The molecule has 0 unspecified atom stereocenters. The molecular weight excluding hydrogens is 236 g/mol. The van der Waals surface area contributed by atoms with Gasteiger partial charge in [0.25, 0.3) is 5.91 Å². The van der Waals surface area contributed by atoms with Gasteiger partial charge in [0, 0.05) is 31.1 Å². The van der Waals surface area contributed by atoms with Crippen molar-refractivity contribution >= 4 is 16.7 Å². The normalized spacial score (nSPS) is 25.6. The van der Waals surface area contributed by atoms with Crippen LogP contribution in [0.5, 0.6) is 0 Å². The van der Waals surface area contributed by atoms with Crippen LogP contribution in [0.25, 0.3) is 10.8 Å². The Bertz CT molecular complexity index is 665. The van der Waals surface area contributed by atoms with Gasteiger partial charge in [-0.05, 0) is 28.3 Å². The molecule has 3 heteroatoms. The molecule has 2 aromatic carbocycles. The molecule has 0 aliphatic carbocycles. The fourth-order valence-electron chi connectivity index (χ4n) is 3.39. The maximum atomic E-state index is 12.2. The number of amides is 1. The number of hydrogen-bond acceptors (Lipinski definition) is 2. The number of benzene rings is 2. The van der Waals surface area contributed by atoms with Gasteiger partial charge in [-0.15, -0.1) is 0 Å². The zero-order valence-electron chi connectivity index (χ0n) is 10.6. The van der Waals surface area contributed by atoms with E-state index in [2.05, 4.69) is 34.9 Å². The molecule has 2 N–H and O–H groups in total. The molecule has 4 rings (SSSR count). The van der Waals surface area contributed by atoms with Crippen molar-refractivity contribution in [1.29, 1.82) is 0 Å². The Morgan fingerprint density at radius 1 is 1.00 bits per heavy atom. The molecule has 1 saturated heterocycles. The Kier molecular flexibility index (Phi) is 2.35. The zero-order chi connectivity index (χ0) is 12.8. The van der Waals surface area contributed by atoms with Crippen LogP contribution in [-0.4, -0.2) is 25.5 Å². The lowest BCUT2D eigenvalue weighted by Crippen LogP contribution is -2.28. The van der Waals surface area contributed by atoms with E-state index in [1.165, 1.54) is 10.9 Å². The van der Waals surface area contributed by atoms with Crippen LogP contribution >= 0.6 is 0 Å². The smallest absolute Gasteiger partial charge is 0.251 e. The Labute approximate surface area is 112 Å². The Morgan fingerprint density at radius 2 is 1.79 bits per heavy atom. The minimum atomic E-state index is 0.0788. The summed E-state index contributed by atoms with van der Waals surface area (Å²) >= 11 is 0. The average molecular weight is 252 g/mol. The van der Waals surface area contributed by atoms with Crippen molar-refractivity contribution in [3.8, 4) is 0 Å². The van der Waals surface area contributed by atoms with Crippen molar-refractivity contribution in [1.82, 2.24) is 10.6 Å². The number of rotatable bonds is 0. The molecule has 2 aliphatic heterocycles. The summed E-state index contributed by atoms with van der Waals surface area (Å²) in [5, 5.41) is 8.87. The molecule has 2 heterocycles. The predicted molar refractivity (Wildman–Crippen MR) is 75.4 cm³/mol. The molecule has 1 amide bonds. The highest BCUT2D eigenvalue weighted by Gasteiger charge is 2.34. The molecule has 2 atom stereocenters. The third-order valence-corrected chi connectivity index (χ3v) is 4.43. The molecular formula is C16H16N2O. The average Bonchev–Trinajstić information content (AvgIpc) is 2.87. The van der Waals surface area contributed by atoms with Crippen molar-refractivity contribution in [2.45, 2.75) is 5.92 Å². The highest BCUT2D eigenvalue weighted by Crippen LogP contribution is 2.34. The maximum Gasteiger partial charge on any atom is 0.251 e. The van der Waals surface area contributed by atoms with E-state index in [1.807, 2.05) is 12.1 Å². The summed E-state index contributed by atoms with van der Waals surface area (Å²) < 4.78 is 0. The maximum absolute atomic E-state index is 12.2. The van der Waals surface area contributed by atoms with Gasteiger partial charge < -0.3 is 10.6 Å². The first-order valence-corrected chi connectivity index (χ1v) is 6.84. The number of carbonyl (C=O) groups is 1. The molecule has 96 valence electrons. The molecule has 2 aliphatic rings. The van der Waals surface area contributed by atoms with E-state index in [0.29, 0.717) is 11.8 Å². The fraction of sp³-hybridized carbons (Fsp3) is 0.312. The van der Waals surface area contributed by atoms with Gasteiger partial charge in [0.2, 0.25) is 0 Å². The molecule has 0 bridgehead atoms. The Morgan fingerprint density at radius 3 is 2.63 bits per heavy atom. The van der Waals surface area contributed by atoms with Crippen molar-refractivity contribution in [2.75, 3.05) is 19.6 Å². The molecule has 1 fully saturated rings. The zero-order valence-corrected chi connectivity index (χ0v) is 10.6. The SMILES string of the molecule is O=C1NC[C@H]2CNC[C@@H]2c2cc3ccccc3cc21. The van der Waals surface area contributed by atoms with Crippen LogP contribution < -0.4 is 10.6 Å². The summed E-state index contributed by atoms with van der Waals surface area (Å²) in [4.78, 5) is 12.2. The summed E-state index contributed by atoms with van der Waals surface area (Å²) in [6, 6.07) is 12.5. The second-order valence-corrected chi connectivity index (χ2v) is 5.52. The molecule has 2 aromatic rings. The van der Waals surface area contributed by atoms with Crippen molar-refractivity contribution in [2.24, 2.45) is 5.92 Å². The van der Waals surface area contributed by atoms with Crippen LogP contribution in [-0.2, 0) is 0 Å². The van der Waals surface area contributed by atoms with Crippen LogP contribution in [0.3, 0.4) is 0 Å². The van der Waals surface area contributed by atoms with Gasteiger partial charge in [0.1, 0.15) is 0 Å². The van der Waals surface area contributed by atoms with Crippen LogP contribution in [0.4, 0.5) is 0 Å². The number of hydrogen-bond donors (Lipinski definition) is 2. The summed E-state index contributed by atoms with van der Waals surface area (Å²) in [5.41, 5.74) is 2.07. The van der Waals surface area contributed by atoms with E-state index < -0.39 is 0 Å². The largest absolute Gasteiger partial charge is 0.352 e. The number of carbonyl (C=O) groups excluding carboxylic acids is 1. The predicted octanol–water partition coefficient (Wildman–Crippen LogP) is 1.89. The number of fused-ring (bicyclic) bond motifs is 4. The van der Waals surface area contributed by atoms with E-state index in [-0.39, 0.29) is 5.91 Å². The van der Waals surface area contributed by atoms with Gasteiger partial charge in [-0.3, -0.25) is 4.79 Å². The minimum Gasteiger partial charge on any atom is -0.352 e. The minimum absolute atomic E-state index is 0.0788. The topological polar surface area (TPSA) is 41.1 Å². The lowest BCUT2D eigenvalue weighted by Gasteiger charge is -2.16. The summed E-state index contributed by atoms with van der Waals surface area (Å²) in [5.74, 6) is 1.06. The van der Waals surface area contributed by atoms with Gasteiger partial charge in [-0.1, -0.05) is 30.3 Å². The highest BCUT2D eigenvalue weighted by molar-refractivity contribution is 6.00. The van der Waals surface area contributed by atoms with Gasteiger partial charge in [-0.2, -0.15) is 0 Å². The van der Waals surface area contributed by atoms with Crippen molar-refractivity contribution < 1.29 is 4.79 Å². The van der Waals surface area contributed by atoms with E-state index >= 15 is 0 Å². The third kappa shape index (κ3) is 1.65. The molecule has 3 nitrogen and oxygen atoms in total. The Hall–Kier alpha value is -1.87. The van der Waals surface area contributed by atoms with Gasteiger partial charge in [0.05, 0.1) is 0 Å². The van der Waals surface area contributed by atoms with E-state index in [0.717, 1.165) is 30.6 Å². The molecule has 0 aromatic heterocycles. The van der Waals surface area contributed by atoms with Gasteiger partial charge in [0.15, 0.2) is 0 Å². The van der Waals surface area contributed by atoms with E-state index in [4.69, 9.17) is 0 Å². The first-order chi connectivity index (χ1) is 9.33. The summed E-state index contributed by atoms with van der Waals surface area (Å²) in [6.07, 6.45) is 0.